The molecule has 3 rings (SSSR count). The first-order valence-corrected chi connectivity index (χ1v) is 9.26. The molecule has 0 saturated heterocycles. The maximum atomic E-state index is 13.2. The number of rotatable bonds is 6. The molecule has 7 heteroatoms. The highest BCUT2D eigenvalue weighted by Crippen LogP contribution is 2.30. The van der Waals surface area contributed by atoms with Gasteiger partial charge in [0, 0.05) is 5.56 Å². The van der Waals surface area contributed by atoms with Crippen LogP contribution in [0.15, 0.2) is 83.0 Å². The van der Waals surface area contributed by atoms with Crippen LogP contribution in [0.3, 0.4) is 0 Å². The Kier molecular flexibility index (Phi) is 6.41. The molecule has 146 valence electrons. The molecule has 0 aliphatic rings. The Hall–Kier alpha value is -3.45. The van der Waals surface area contributed by atoms with E-state index in [1.807, 2.05) is 0 Å². The molecule has 0 spiro atoms. The summed E-state index contributed by atoms with van der Waals surface area (Å²) in [6, 6.07) is 19.0. The molecule has 0 aliphatic heterocycles. The van der Waals surface area contributed by atoms with Crippen molar-refractivity contribution in [3.05, 3.63) is 99.9 Å². The lowest BCUT2D eigenvalue weighted by Gasteiger charge is -2.09. The van der Waals surface area contributed by atoms with Crippen molar-refractivity contribution >= 4 is 33.9 Å². The minimum Gasteiger partial charge on any atom is -0.477 e. The van der Waals surface area contributed by atoms with Crippen molar-refractivity contribution in [3.63, 3.8) is 0 Å². The van der Waals surface area contributed by atoms with Crippen LogP contribution in [0.5, 0.6) is 11.5 Å². The van der Waals surface area contributed by atoms with Crippen LogP contribution in [-0.2, 0) is 4.79 Å². The predicted octanol–water partition coefficient (Wildman–Crippen LogP) is 5.24. The number of ether oxygens (including phenoxy) is 1. The average molecular weight is 456 g/mol. The van der Waals surface area contributed by atoms with E-state index in [1.165, 1.54) is 24.3 Å². The van der Waals surface area contributed by atoms with Gasteiger partial charge in [0.25, 0.3) is 5.91 Å². The second-order valence-corrected chi connectivity index (χ2v) is 6.78. The van der Waals surface area contributed by atoms with Gasteiger partial charge < -0.3 is 15.2 Å². The number of aliphatic carboxylic acids is 1. The van der Waals surface area contributed by atoms with Crippen molar-refractivity contribution in [1.82, 2.24) is 5.32 Å². The molecule has 0 bridgehead atoms. The standard InChI is InChI=1S/C22H15BrFNO4/c23-18-13-16(24)8-11-20(18)29-17-9-6-14(7-10-17)12-19(22(27)28)25-21(26)15-4-2-1-3-5-15/h1-13H,(H,25,26)(H,27,28). The quantitative estimate of drug-likeness (QED) is 0.498. The molecule has 0 heterocycles. The van der Waals surface area contributed by atoms with E-state index >= 15 is 0 Å². The molecule has 0 unspecified atom stereocenters. The molecule has 0 saturated carbocycles. The monoisotopic (exact) mass is 455 g/mol. The van der Waals surface area contributed by atoms with E-state index < -0.39 is 11.9 Å². The summed E-state index contributed by atoms with van der Waals surface area (Å²) < 4.78 is 19.3. The lowest BCUT2D eigenvalue weighted by atomic mass is 10.1. The van der Waals surface area contributed by atoms with Crippen molar-refractivity contribution in [2.75, 3.05) is 0 Å². The highest BCUT2D eigenvalue weighted by atomic mass is 79.9. The number of carboxylic acids is 1. The first-order chi connectivity index (χ1) is 13.9. The number of carboxylic acid groups (broad SMARTS) is 1. The molecule has 0 radical (unpaired) electrons. The summed E-state index contributed by atoms with van der Waals surface area (Å²) >= 11 is 3.23. The molecule has 0 aromatic heterocycles. The summed E-state index contributed by atoms with van der Waals surface area (Å²) in [7, 11) is 0. The molecule has 0 fully saturated rings. The fourth-order valence-corrected chi connectivity index (χ4v) is 2.85. The fourth-order valence-electron chi connectivity index (χ4n) is 2.42. The SMILES string of the molecule is O=C(O)C(=Cc1ccc(Oc2ccc(F)cc2Br)cc1)NC(=O)c1ccccc1. The molecule has 0 aliphatic carbocycles. The Labute approximate surface area is 174 Å². The Morgan fingerprint density at radius 3 is 2.31 bits per heavy atom. The van der Waals surface area contributed by atoms with E-state index in [9.17, 15) is 19.1 Å². The topological polar surface area (TPSA) is 75.6 Å². The summed E-state index contributed by atoms with van der Waals surface area (Å²) in [4.78, 5) is 23.7. The molecule has 29 heavy (non-hydrogen) atoms. The van der Waals surface area contributed by atoms with Crippen LogP contribution < -0.4 is 10.1 Å². The molecule has 1 amide bonds. The van der Waals surface area contributed by atoms with Gasteiger partial charge in [-0.1, -0.05) is 30.3 Å². The zero-order valence-electron chi connectivity index (χ0n) is 14.9. The van der Waals surface area contributed by atoms with Crippen LogP contribution in [0.25, 0.3) is 6.08 Å². The number of carbonyl (C=O) groups excluding carboxylic acids is 1. The van der Waals surface area contributed by atoms with E-state index in [0.29, 0.717) is 27.1 Å². The average Bonchev–Trinajstić information content (AvgIpc) is 2.71. The fraction of sp³-hybridized carbons (Fsp3) is 0. The lowest BCUT2D eigenvalue weighted by Crippen LogP contribution is -2.27. The van der Waals surface area contributed by atoms with Crippen LogP contribution in [0.1, 0.15) is 15.9 Å². The van der Waals surface area contributed by atoms with Crippen LogP contribution >= 0.6 is 15.9 Å². The van der Waals surface area contributed by atoms with E-state index in [0.717, 1.165) is 0 Å². The minimum atomic E-state index is -1.26. The van der Waals surface area contributed by atoms with Crippen molar-refractivity contribution < 1.29 is 23.8 Å². The third-order valence-corrected chi connectivity index (χ3v) is 4.45. The van der Waals surface area contributed by atoms with E-state index in [1.54, 1.807) is 54.6 Å². The van der Waals surface area contributed by atoms with Gasteiger partial charge in [0.1, 0.15) is 23.0 Å². The van der Waals surface area contributed by atoms with Crippen LogP contribution in [-0.4, -0.2) is 17.0 Å². The lowest BCUT2D eigenvalue weighted by molar-refractivity contribution is -0.132. The maximum Gasteiger partial charge on any atom is 0.352 e. The molecule has 3 aromatic rings. The van der Waals surface area contributed by atoms with Gasteiger partial charge in [-0.05, 0) is 70.0 Å². The molecule has 5 nitrogen and oxygen atoms in total. The highest BCUT2D eigenvalue weighted by Gasteiger charge is 2.13. The number of hydrogen-bond acceptors (Lipinski definition) is 3. The third-order valence-electron chi connectivity index (χ3n) is 3.83. The number of hydrogen-bond donors (Lipinski definition) is 2. The Morgan fingerprint density at radius 2 is 1.69 bits per heavy atom. The number of nitrogens with one attached hydrogen (secondary N) is 1. The summed E-state index contributed by atoms with van der Waals surface area (Å²) in [6.07, 6.45) is 1.35. The summed E-state index contributed by atoms with van der Waals surface area (Å²) in [5.74, 6) is -1.23. The molecular formula is C22H15BrFNO4. The van der Waals surface area contributed by atoms with Crippen LogP contribution in [0.4, 0.5) is 4.39 Å². The smallest absolute Gasteiger partial charge is 0.352 e. The predicted molar refractivity (Wildman–Crippen MR) is 110 cm³/mol. The van der Waals surface area contributed by atoms with Crippen LogP contribution in [0.2, 0.25) is 0 Å². The molecule has 3 aromatic carbocycles. The maximum absolute atomic E-state index is 13.2. The molecule has 0 atom stereocenters. The zero-order chi connectivity index (χ0) is 20.8. The Morgan fingerprint density at radius 1 is 1.00 bits per heavy atom. The highest BCUT2D eigenvalue weighted by molar-refractivity contribution is 9.10. The first kappa shape index (κ1) is 20.3. The van der Waals surface area contributed by atoms with Crippen molar-refractivity contribution in [2.24, 2.45) is 0 Å². The van der Waals surface area contributed by atoms with Gasteiger partial charge >= 0.3 is 5.97 Å². The van der Waals surface area contributed by atoms with Crippen molar-refractivity contribution in [1.29, 1.82) is 0 Å². The number of halogens is 2. The van der Waals surface area contributed by atoms with Gasteiger partial charge in [0.05, 0.1) is 4.47 Å². The summed E-state index contributed by atoms with van der Waals surface area (Å²) in [5, 5.41) is 11.8. The molecular weight excluding hydrogens is 441 g/mol. The Balaban J connectivity index is 1.75. The van der Waals surface area contributed by atoms with Crippen LogP contribution in [0, 0.1) is 5.82 Å². The number of carbonyl (C=O) groups is 2. The van der Waals surface area contributed by atoms with Gasteiger partial charge in [0.15, 0.2) is 0 Å². The summed E-state index contributed by atoms with van der Waals surface area (Å²) in [6.45, 7) is 0. The van der Waals surface area contributed by atoms with E-state index in [-0.39, 0.29) is 11.5 Å². The zero-order valence-corrected chi connectivity index (χ0v) is 16.5. The van der Waals surface area contributed by atoms with Gasteiger partial charge in [-0.3, -0.25) is 4.79 Å². The second kappa shape index (κ2) is 9.16. The van der Waals surface area contributed by atoms with E-state index in [2.05, 4.69) is 21.2 Å². The Bertz CT molecular complexity index is 1070. The number of amides is 1. The van der Waals surface area contributed by atoms with Crippen molar-refractivity contribution in [2.45, 2.75) is 0 Å². The third kappa shape index (κ3) is 5.52. The summed E-state index contributed by atoms with van der Waals surface area (Å²) in [5.41, 5.74) is 0.656. The second-order valence-electron chi connectivity index (χ2n) is 5.93. The van der Waals surface area contributed by atoms with Gasteiger partial charge in [-0.15, -0.1) is 0 Å². The van der Waals surface area contributed by atoms with E-state index in [4.69, 9.17) is 4.74 Å². The van der Waals surface area contributed by atoms with Gasteiger partial charge in [-0.25, -0.2) is 9.18 Å². The first-order valence-electron chi connectivity index (χ1n) is 8.47. The van der Waals surface area contributed by atoms with Crippen molar-refractivity contribution in [3.8, 4) is 11.5 Å². The van der Waals surface area contributed by atoms with Gasteiger partial charge in [0.2, 0.25) is 0 Å². The van der Waals surface area contributed by atoms with Gasteiger partial charge in [-0.2, -0.15) is 0 Å². The normalized spacial score (nSPS) is 11.0. The minimum absolute atomic E-state index is 0.256. The molecule has 2 N–H and O–H groups in total. The number of benzene rings is 3. The largest absolute Gasteiger partial charge is 0.477 e.